The van der Waals surface area contributed by atoms with Crippen molar-refractivity contribution in [1.29, 1.82) is 0 Å². The van der Waals surface area contributed by atoms with Gasteiger partial charge in [-0.25, -0.2) is 8.42 Å². The quantitative estimate of drug-likeness (QED) is 0.778. The average molecular weight is 336 g/mol. The summed E-state index contributed by atoms with van der Waals surface area (Å²) >= 11 is 0. The van der Waals surface area contributed by atoms with Crippen molar-refractivity contribution >= 4 is 21.6 Å². The largest absolute Gasteiger partial charge is 0.354 e. The Morgan fingerprint density at radius 2 is 1.96 bits per heavy atom. The van der Waals surface area contributed by atoms with Crippen LogP contribution < -0.4 is 9.62 Å². The van der Waals surface area contributed by atoms with E-state index >= 15 is 0 Å². The van der Waals surface area contributed by atoms with E-state index in [1.165, 1.54) is 18.4 Å². The van der Waals surface area contributed by atoms with Crippen molar-refractivity contribution in [1.82, 2.24) is 5.32 Å². The molecule has 1 amide bonds. The Hall–Kier alpha value is -1.82. The molecule has 0 radical (unpaired) electrons. The van der Waals surface area contributed by atoms with Gasteiger partial charge >= 0.3 is 0 Å². The minimum absolute atomic E-state index is 0.193. The summed E-state index contributed by atoms with van der Waals surface area (Å²) in [6.07, 6.45) is 8.90. The molecule has 0 bridgehead atoms. The molecule has 1 aromatic carbocycles. The molecule has 5 nitrogen and oxygen atoms in total. The van der Waals surface area contributed by atoms with E-state index in [-0.39, 0.29) is 12.5 Å². The van der Waals surface area contributed by atoms with Crippen LogP contribution in [-0.2, 0) is 14.8 Å². The van der Waals surface area contributed by atoms with Crippen molar-refractivity contribution in [2.75, 3.05) is 23.7 Å². The highest BCUT2D eigenvalue weighted by molar-refractivity contribution is 7.92. The highest BCUT2D eigenvalue weighted by atomic mass is 32.2. The number of nitrogens with one attached hydrogen (secondary N) is 1. The van der Waals surface area contributed by atoms with Crippen molar-refractivity contribution in [3.05, 3.63) is 42.0 Å². The molecular weight excluding hydrogens is 312 g/mol. The van der Waals surface area contributed by atoms with Gasteiger partial charge < -0.3 is 5.32 Å². The van der Waals surface area contributed by atoms with E-state index in [0.717, 1.165) is 29.8 Å². The molecule has 0 saturated heterocycles. The first kappa shape index (κ1) is 17.5. The van der Waals surface area contributed by atoms with Crippen LogP contribution in [0.15, 0.2) is 42.0 Å². The van der Waals surface area contributed by atoms with Gasteiger partial charge in [-0.05, 0) is 44.2 Å². The molecule has 0 spiro atoms. The summed E-state index contributed by atoms with van der Waals surface area (Å²) in [5, 5.41) is 2.82. The lowest BCUT2D eigenvalue weighted by Gasteiger charge is -2.22. The van der Waals surface area contributed by atoms with Gasteiger partial charge in [0.15, 0.2) is 0 Å². The third-order valence-electron chi connectivity index (χ3n) is 3.89. The molecule has 0 aromatic heterocycles. The van der Waals surface area contributed by atoms with Crippen LogP contribution in [0.25, 0.3) is 0 Å². The first-order valence-electron chi connectivity index (χ1n) is 7.94. The molecule has 23 heavy (non-hydrogen) atoms. The van der Waals surface area contributed by atoms with Crippen molar-refractivity contribution in [3.63, 3.8) is 0 Å². The molecular formula is C17H24N2O3S. The van der Waals surface area contributed by atoms with Gasteiger partial charge in [-0.3, -0.25) is 9.10 Å². The lowest BCUT2D eigenvalue weighted by atomic mass is 9.97. The van der Waals surface area contributed by atoms with Gasteiger partial charge in [0, 0.05) is 6.54 Å². The molecule has 0 heterocycles. The molecule has 1 aliphatic carbocycles. The van der Waals surface area contributed by atoms with E-state index in [2.05, 4.69) is 11.4 Å². The fourth-order valence-corrected chi connectivity index (χ4v) is 3.53. The Morgan fingerprint density at radius 1 is 1.22 bits per heavy atom. The third-order valence-corrected chi connectivity index (χ3v) is 5.03. The standard InChI is InChI=1S/C17H24N2O3S/c1-23(21,22)19(16-10-6-3-7-11-16)14-17(20)18-13-12-15-8-4-2-5-9-15/h3,6-8,10-11H,2,4-5,9,12-14H2,1H3,(H,18,20). The molecule has 6 heteroatoms. The summed E-state index contributed by atoms with van der Waals surface area (Å²) in [6, 6.07) is 8.67. The summed E-state index contributed by atoms with van der Waals surface area (Å²) in [5.74, 6) is -0.282. The van der Waals surface area contributed by atoms with Gasteiger partial charge in [0.1, 0.15) is 6.54 Å². The molecule has 0 unspecified atom stereocenters. The number of nitrogens with zero attached hydrogens (tertiary/aromatic N) is 1. The summed E-state index contributed by atoms with van der Waals surface area (Å²) in [5.41, 5.74) is 1.89. The van der Waals surface area contributed by atoms with Crippen LogP contribution in [-0.4, -0.2) is 33.7 Å². The van der Waals surface area contributed by atoms with Crippen LogP contribution in [0.5, 0.6) is 0 Å². The average Bonchev–Trinajstić information content (AvgIpc) is 2.53. The summed E-state index contributed by atoms with van der Waals surface area (Å²) in [4.78, 5) is 12.1. The van der Waals surface area contributed by atoms with Gasteiger partial charge in [-0.1, -0.05) is 29.8 Å². The number of carbonyl (C=O) groups is 1. The first-order valence-corrected chi connectivity index (χ1v) is 9.79. The number of carbonyl (C=O) groups excluding carboxylic acids is 1. The smallest absolute Gasteiger partial charge is 0.240 e. The van der Waals surface area contributed by atoms with Crippen LogP contribution in [0.1, 0.15) is 32.1 Å². The zero-order chi connectivity index (χ0) is 16.7. The number of allylic oxidation sites excluding steroid dienone is 1. The third kappa shape index (κ3) is 5.71. The fourth-order valence-electron chi connectivity index (χ4n) is 2.67. The Morgan fingerprint density at radius 3 is 2.57 bits per heavy atom. The summed E-state index contributed by atoms with van der Waals surface area (Å²) in [6.45, 7) is 0.360. The fraction of sp³-hybridized carbons (Fsp3) is 0.471. The van der Waals surface area contributed by atoms with E-state index in [1.807, 2.05) is 6.07 Å². The van der Waals surface area contributed by atoms with Crippen LogP contribution >= 0.6 is 0 Å². The maximum absolute atomic E-state index is 12.1. The topological polar surface area (TPSA) is 66.5 Å². The second-order valence-corrected chi connectivity index (χ2v) is 7.72. The van der Waals surface area contributed by atoms with Crippen LogP contribution in [0, 0.1) is 0 Å². The molecule has 0 fully saturated rings. The SMILES string of the molecule is CS(=O)(=O)N(CC(=O)NCCC1=CCCCC1)c1ccccc1. The second kappa shape index (κ2) is 8.15. The molecule has 0 aliphatic heterocycles. The van der Waals surface area contributed by atoms with Gasteiger partial charge in [-0.15, -0.1) is 0 Å². The van der Waals surface area contributed by atoms with Crippen LogP contribution in [0.4, 0.5) is 5.69 Å². The maximum Gasteiger partial charge on any atom is 0.240 e. The lowest BCUT2D eigenvalue weighted by Crippen LogP contribution is -2.40. The Labute approximate surface area is 138 Å². The number of para-hydroxylation sites is 1. The second-order valence-electron chi connectivity index (χ2n) is 5.81. The van der Waals surface area contributed by atoms with Gasteiger partial charge in [-0.2, -0.15) is 0 Å². The predicted octanol–water partition coefficient (Wildman–Crippen LogP) is 2.46. The number of hydrogen-bond donors (Lipinski definition) is 1. The zero-order valence-electron chi connectivity index (χ0n) is 13.5. The van der Waals surface area contributed by atoms with E-state index in [0.29, 0.717) is 12.2 Å². The highest BCUT2D eigenvalue weighted by Crippen LogP contribution is 2.19. The van der Waals surface area contributed by atoms with Crippen molar-refractivity contribution < 1.29 is 13.2 Å². The predicted molar refractivity (Wildman–Crippen MR) is 92.8 cm³/mol. The molecule has 1 N–H and O–H groups in total. The normalized spacial score (nSPS) is 14.9. The van der Waals surface area contributed by atoms with Crippen LogP contribution in [0.3, 0.4) is 0 Å². The number of amides is 1. The molecule has 1 aliphatic rings. The van der Waals surface area contributed by atoms with Crippen molar-refractivity contribution in [2.45, 2.75) is 32.1 Å². The molecule has 0 atom stereocenters. The Balaban J connectivity index is 1.89. The number of rotatable bonds is 7. The monoisotopic (exact) mass is 336 g/mol. The minimum atomic E-state index is -3.50. The number of anilines is 1. The van der Waals surface area contributed by atoms with Gasteiger partial charge in [0.05, 0.1) is 11.9 Å². The highest BCUT2D eigenvalue weighted by Gasteiger charge is 2.20. The van der Waals surface area contributed by atoms with Crippen molar-refractivity contribution in [3.8, 4) is 0 Å². The lowest BCUT2D eigenvalue weighted by molar-refractivity contribution is -0.119. The number of sulfonamides is 1. The van der Waals surface area contributed by atoms with E-state index < -0.39 is 10.0 Å². The number of hydrogen-bond acceptors (Lipinski definition) is 3. The maximum atomic E-state index is 12.1. The minimum Gasteiger partial charge on any atom is -0.354 e. The van der Waals surface area contributed by atoms with E-state index in [4.69, 9.17) is 0 Å². The van der Waals surface area contributed by atoms with Gasteiger partial charge in [0.25, 0.3) is 0 Å². The molecule has 0 saturated carbocycles. The Kier molecular flexibility index (Phi) is 6.21. The van der Waals surface area contributed by atoms with E-state index in [9.17, 15) is 13.2 Å². The molecule has 126 valence electrons. The first-order chi connectivity index (χ1) is 11.0. The van der Waals surface area contributed by atoms with Gasteiger partial charge in [0.2, 0.25) is 15.9 Å². The van der Waals surface area contributed by atoms with Crippen molar-refractivity contribution in [2.24, 2.45) is 0 Å². The van der Waals surface area contributed by atoms with E-state index in [1.54, 1.807) is 24.3 Å². The molecule has 2 rings (SSSR count). The zero-order valence-corrected chi connectivity index (χ0v) is 14.3. The summed E-state index contributed by atoms with van der Waals surface area (Å²) < 4.78 is 25.0. The molecule has 1 aromatic rings. The number of benzene rings is 1. The summed E-state index contributed by atoms with van der Waals surface area (Å²) in [7, 11) is -3.50. The van der Waals surface area contributed by atoms with Crippen LogP contribution in [0.2, 0.25) is 0 Å². The Bertz CT molecular complexity index is 654.